The molecule has 4 heteroatoms. The first-order chi connectivity index (χ1) is 10.1. The highest BCUT2D eigenvalue weighted by Gasteiger charge is 2.11. The van der Waals surface area contributed by atoms with Crippen molar-refractivity contribution >= 4 is 39.7 Å². The predicted octanol–water partition coefficient (Wildman–Crippen LogP) is 5.83. The van der Waals surface area contributed by atoms with Crippen molar-refractivity contribution in [1.82, 2.24) is 0 Å². The van der Waals surface area contributed by atoms with Crippen LogP contribution in [-0.4, -0.2) is 0 Å². The second-order valence-corrected chi connectivity index (χ2v) is 5.66. The largest absolute Gasteiger partial charge is 0.455 e. The van der Waals surface area contributed by atoms with Crippen molar-refractivity contribution in [1.29, 1.82) is 0 Å². The predicted molar refractivity (Wildman–Crippen MR) is 89.6 cm³/mol. The van der Waals surface area contributed by atoms with Gasteiger partial charge in [-0.2, -0.15) is 0 Å². The van der Waals surface area contributed by atoms with E-state index in [-0.39, 0.29) is 0 Å². The fraction of sp³-hybridized carbons (Fsp3) is 0.0588. The van der Waals surface area contributed by atoms with Gasteiger partial charge in [0.25, 0.3) is 0 Å². The third-order valence-corrected chi connectivity index (χ3v) is 3.90. The van der Waals surface area contributed by atoms with E-state index in [1.165, 1.54) is 0 Å². The summed E-state index contributed by atoms with van der Waals surface area (Å²) in [6.07, 6.45) is 0. The van der Waals surface area contributed by atoms with E-state index in [9.17, 15) is 0 Å². The van der Waals surface area contributed by atoms with E-state index >= 15 is 0 Å². The molecule has 2 N–H and O–H groups in total. The van der Waals surface area contributed by atoms with E-state index in [2.05, 4.69) is 0 Å². The first-order valence-corrected chi connectivity index (χ1v) is 7.22. The molecule has 3 aromatic carbocycles. The summed E-state index contributed by atoms with van der Waals surface area (Å²) in [7, 11) is 0. The second-order valence-electron chi connectivity index (χ2n) is 4.84. The van der Waals surface area contributed by atoms with Gasteiger partial charge in [-0.3, -0.25) is 0 Å². The van der Waals surface area contributed by atoms with Gasteiger partial charge in [0.05, 0.1) is 5.02 Å². The van der Waals surface area contributed by atoms with Crippen molar-refractivity contribution in [3.8, 4) is 11.5 Å². The van der Waals surface area contributed by atoms with Crippen LogP contribution in [0.5, 0.6) is 11.5 Å². The zero-order valence-corrected chi connectivity index (χ0v) is 12.9. The Morgan fingerprint density at radius 3 is 2.33 bits per heavy atom. The lowest BCUT2D eigenvalue weighted by Gasteiger charge is -2.14. The Morgan fingerprint density at radius 1 is 0.905 bits per heavy atom. The van der Waals surface area contributed by atoms with Gasteiger partial charge in [-0.25, -0.2) is 0 Å². The van der Waals surface area contributed by atoms with Crippen LogP contribution in [0.1, 0.15) is 5.56 Å². The first-order valence-electron chi connectivity index (χ1n) is 6.47. The van der Waals surface area contributed by atoms with Crippen LogP contribution >= 0.6 is 23.2 Å². The minimum absolute atomic E-state index is 0.492. The summed E-state index contributed by atoms with van der Waals surface area (Å²) in [4.78, 5) is 0. The second kappa shape index (κ2) is 5.47. The highest BCUT2D eigenvalue weighted by molar-refractivity contribution is 6.35. The van der Waals surface area contributed by atoms with E-state index in [0.717, 1.165) is 16.3 Å². The molecule has 3 rings (SSSR count). The summed E-state index contributed by atoms with van der Waals surface area (Å²) in [6.45, 7) is 1.91. The van der Waals surface area contributed by atoms with Gasteiger partial charge in [0.1, 0.15) is 11.5 Å². The minimum atomic E-state index is 0.492. The molecule has 0 saturated heterocycles. The van der Waals surface area contributed by atoms with Crippen molar-refractivity contribution in [2.45, 2.75) is 6.92 Å². The number of anilines is 1. The van der Waals surface area contributed by atoms with Crippen LogP contribution in [0.2, 0.25) is 10.0 Å². The fourth-order valence-corrected chi connectivity index (χ4v) is 2.86. The molecule has 0 heterocycles. The van der Waals surface area contributed by atoms with E-state index < -0.39 is 0 Å². The number of hydrogen-bond donors (Lipinski definition) is 1. The maximum atomic E-state index is 6.24. The molecule has 0 unspecified atom stereocenters. The lowest BCUT2D eigenvalue weighted by molar-refractivity contribution is 0.485. The molecule has 0 aromatic heterocycles. The zero-order valence-electron chi connectivity index (χ0n) is 11.4. The van der Waals surface area contributed by atoms with Crippen LogP contribution in [0.25, 0.3) is 10.8 Å². The Kier molecular flexibility index (Phi) is 3.66. The number of aryl methyl sites for hydroxylation is 1. The maximum absolute atomic E-state index is 6.24. The van der Waals surface area contributed by atoms with Gasteiger partial charge in [0.2, 0.25) is 0 Å². The summed E-state index contributed by atoms with van der Waals surface area (Å²) < 4.78 is 6.02. The fourth-order valence-electron chi connectivity index (χ4n) is 2.32. The lowest BCUT2D eigenvalue weighted by atomic mass is 10.1. The number of halogens is 2. The molecule has 2 nitrogen and oxygen atoms in total. The van der Waals surface area contributed by atoms with Gasteiger partial charge < -0.3 is 10.5 Å². The highest BCUT2D eigenvalue weighted by Crippen LogP contribution is 2.38. The number of ether oxygens (including phenoxy) is 1. The molecule has 0 aliphatic carbocycles. The molecule has 0 spiro atoms. The van der Waals surface area contributed by atoms with Crippen LogP contribution in [0, 0.1) is 6.92 Å². The van der Waals surface area contributed by atoms with E-state index in [1.807, 2.05) is 49.4 Å². The average Bonchev–Trinajstić information content (AvgIpc) is 2.45. The lowest BCUT2D eigenvalue weighted by Crippen LogP contribution is -1.93. The van der Waals surface area contributed by atoms with Gasteiger partial charge in [-0.15, -0.1) is 0 Å². The number of nitrogens with two attached hydrogens (primary N) is 1. The number of fused-ring (bicyclic) bond motifs is 1. The van der Waals surface area contributed by atoms with Gasteiger partial charge in [-0.1, -0.05) is 47.5 Å². The Balaban J connectivity index is 2.13. The molecule has 0 bridgehead atoms. The number of benzene rings is 3. The quantitative estimate of drug-likeness (QED) is 0.603. The van der Waals surface area contributed by atoms with Crippen molar-refractivity contribution in [2.75, 3.05) is 5.73 Å². The Bertz CT molecular complexity index is 807. The Morgan fingerprint density at radius 2 is 1.62 bits per heavy atom. The Hall–Kier alpha value is -1.90. The van der Waals surface area contributed by atoms with Gasteiger partial charge in [-0.05, 0) is 36.8 Å². The SMILES string of the molecule is Cc1cc(N)cc(Cl)c1Oc1ccc(Cl)c2ccccc12. The molecule has 21 heavy (non-hydrogen) atoms. The summed E-state index contributed by atoms with van der Waals surface area (Å²) in [6, 6.07) is 15.0. The highest BCUT2D eigenvalue weighted by atomic mass is 35.5. The normalized spacial score (nSPS) is 10.8. The molecule has 0 fully saturated rings. The Labute approximate surface area is 133 Å². The molecule has 0 radical (unpaired) electrons. The van der Waals surface area contributed by atoms with Crippen LogP contribution in [0.15, 0.2) is 48.5 Å². The maximum Gasteiger partial charge on any atom is 0.149 e. The van der Waals surface area contributed by atoms with Gasteiger partial charge in [0, 0.05) is 21.5 Å². The standard InChI is InChI=1S/C17H13Cl2NO/c1-10-8-11(20)9-15(19)17(10)21-16-7-6-14(18)12-4-2-3-5-13(12)16/h2-9H,20H2,1H3. The molecule has 106 valence electrons. The topological polar surface area (TPSA) is 35.2 Å². The number of hydrogen-bond acceptors (Lipinski definition) is 2. The summed E-state index contributed by atoms with van der Waals surface area (Å²) in [5, 5.41) is 3.07. The third kappa shape index (κ3) is 2.65. The molecule has 0 atom stereocenters. The van der Waals surface area contributed by atoms with E-state index in [1.54, 1.807) is 6.07 Å². The average molecular weight is 318 g/mol. The third-order valence-electron chi connectivity index (χ3n) is 3.29. The number of nitrogen functional groups attached to an aromatic ring is 1. The van der Waals surface area contributed by atoms with Crippen molar-refractivity contribution in [3.05, 3.63) is 64.1 Å². The molecular weight excluding hydrogens is 305 g/mol. The molecule has 0 saturated carbocycles. The van der Waals surface area contributed by atoms with E-state index in [0.29, 0.717) is 27.2 Å². The van der Waals surface area contributed by atoms with Crippen molar-refractivity contribution < 1.29 is 4.74 Å². The zero-order chi connectivity index (χ0) is 15.0. The van der Waals surface area contributed by atoms with Crippen molar-refractivity contribution in [2.24, 2.45) is 0 Å². The van der Waals surface area contributed by atoms with Crippen LogP contribution in [0.4, 0.5) is 5.69 Å². The smallest absolute Gasteiger partial charge is 0.149 e. The summed E-state index contributed by atoms with van der Waals surface area (Å²) >= 11 is 12.5. The molecule has 0 amide bonds. The van der Waals surface area contributed by atoms with E-state index in [4.69, 9.17) is 33.7 Å². The van der Waals surface area contributed by atoms with Crippen molar-refractivity contribution in [3.63, 3.8) is 0 Å². The van der Waals surface area contributed by atoms with Crippen LogP contribution in [-0.2, 0) is 0 Å². The molecular formula is C17H13Cl2NO. The van der Waals surface area contributed by atoms with Crippen LogP contribution < -0.4 is 10.5 Å². The minimum Gasteiger partial charge on any atom is -0.455 e. The molecule has 0 aliphatic rings. The first kappa shape index (κ1) is 14.1. The van der Waals surface area contributed by atoms with Crippen LogP contribution in [0.3, 0.4) is 0 Å². The number of rotatable bonds is 2. The van der Waals surface area contributed by atoms with Gasteiger partial charge >= 0.3 is 0 Å². The molecule has 0 aliphatic heterocycles. The monoisotopic (exact) mass is 317 g/mol. The summed E-state index contributed by atoms with van der Waals surface area (Å²) in [5.74, 6) is 1.32. The van der Waals surface area contributed by atoms with Gasteiger partial charge in [0.15, 0.2) is 0 Å². The summed E-state index contributed by atoms with van der Waals surface area (Å²) in [5.41, 5.74) is 7.28. The molecule has 3 aromatic rings.